The molecule has 0 aliphatic carbocycles. The lowest BCUT2D eigenvalue weighted by Gasteiger charge is -2.30. The summed E-state index contributed by atoms with van der Waals surface area (Å²) >= 11 is 0. The number of nitrogens with zero attached hydrogens (tertiary/aromatic N) is 2. The molecule has 574 valence electrons. The summed E-state index contributed by atoms with van der Waals surface area (Å²) in [5.74, 6) is 1.62. The van der Waals surface area contributed by atoms with Gasteiger partial charge in [-0.25, -0.2) is 0 Å². The quantitative estimate of drug-likeness (QED) is 0.0208. The maximum Gasteiger partial charge on any atom is 0.119 e. The van der Waals surface area contributed by atoms with Gasteiger partial charge in [-0.2, -0.15) is 0 Å². The number of benzene rings is 15. The highest BCUT2D eigenvalue weighted by Crippen LogP contribution is 2.61. The van der Waals surface area contributed by atoms with Crippen LogP contribution in [0.1, 0.15) is 165 Å². The largest absolute Gasteiger partial charge is 0.491 e. The van der Waals surface area contributed by atoms with E-state index in [4.69, 9.17) is 37.9 Å². The van der Waals surface area contributed by atoms with Crippen molar-refractivity contribution in [1.29, 1.82) is 0 Å². The van der Waals surface area contributed by atoms with Gasteiger partial charge >= 0.3 is 0 Å². The van der Waals surface area contributed by atoms with Crippen LogP contribution in [0, 0.1) is 0 Å². The minimum Gasteiger partial charge on any atom is -0.491 e. The fourth-order valence-electron chi connectivity index (χ4n) is 18.7. The summed E-state index contributed by atoms with van der Waals surface area (Å²) in [6, 6.07) is 60.7. The van der Waals surface area contributed by atoms with Crippen molar-refractivity contribution in [3.05, 3.63) is 205 Å². The Hall–Kier alpha value is -9.36. The fraction of sp³-hybridized carbons (Fsp3) is 0.373. The summed E-state index contributed by atoms with van der Waals surface area (Å²) in [6.45, 7) is 11.5. The van der Waals surface area contributed by atoms with E-state index in [0.717, 1.165) is 46.6 Å². The maximum atomic E-state index is 6.36. The molecule has 2 heterocycles. The normalized spacial score (nSPS) is 12.4. The SMILES string of the molecule is CCCCCCCCCCCCc1cc2c3cccc4c5cc(-c6ccc(OCCOCCOCCOCc7ccncc7)cc6)cc6c7cc(-c8ccc(OCCOCCOCCOCc9ccncc9)cc8)cc8c9cccc%10c%11cc(CCCCCCCCCCCC)cc%12c(c1)c2c1c(c34)c(c56)c(c87)c(c%109)c1c%11%12. The Balaban J connectivity index is 0.741. The second-order valence-corrected chi connectivity index (χ2v) is 31.6. The molecule has 0 radical (unpaired) electrons. The van der Waals surface area contributed by atoms with Crippen molar-refractivity contribution in [2.45, 2.75) is 168 Å². The molecule has 0 aliphatic rings. The van der Waals surface area contributed by atoms with Gasteiger partial charge in [0.1, 0.15) is 24.7 Å². The zero-order chi connectivity index (χ0) is 75.4. The Morgan fingerprint density at radius 1 is 0.214 bits per heavy atom. The lowest BCUT2D eigenvalue weighted by atomic mass is 9.72. The number of aromatic nitrogens is 2. The van der Waals surface area contributed by atoms with Crippen molar-refractivity contribution in [2.24, 2.45) is 0 Å². The average Bonchev–Trinajstić information content (AvgIpc) is 0.643. The van der Waals surface area contributed by atoms with Crippen LogP contribution in [0.25, 0.3) is 152 Å². The van der Waals surface area contributed by atoms with Gasteiger partial charge in [0, 0.05) is 24.8 Å². The van der Waals surface area contributed by atoms with E-state index in [2.05, 4.69) is 157 Å². The van der Waals surface area contributed by atoms with Gasteiger partial charge < -0.3 is 37.9 Å². The molecule has 0 aliphatic heterocycles. The molecule has 112 heavy (non-hydrogen) atoms. The monoisotopic (exact) mass is 1490 g/mol. The van der Waals surface area contributed by atoms with E-state index >= 15 is 0 Å². The molecule has 10 heteroatoms. The molecule has 17 rings (SSSR count). The Morgan fingerprint density at radius 2 is 0.473 bits per heavy atom. The van der Waals surface area contributed by atoms with Crippen molar-refractivity contribution >= 4 is 129 Å². The molecule has 0 N–H and O–H groups in total. The third-order valence-corrected chi connectivity index (χ3v) is 24.1. The van der Waals surface area contributed by atoms with Gasteiger partial charge in [0.2, 0.25) is 0 Å². The van der Waals surface area contributed by atoms with Gasteiger partial charge in [-0.1, -0.05) is 214 Å². The van der Waals surface area contributed by atoms with Gasteiger partial charge in [0.15, 0.2) is 0 Å². The van der Waals surface area contributed by atoms with Crippen LogP contribution in [0.2, 0.25) is 0 Å². The van der Waals surface area contributed by atoms with E-state index in [-0.39, 0.29) is 0 Å². The summed E-state index contributed by atoms with van der Waals surface area (Å²) < 4.78 is 47.8. The van der Waals surface area contributed by atoms with Crippen LogP contribution in [0.5, 0.6) is 11.5 Å². The standard InChI is InChI=1S/C102H108N2O8/c1-3-5-7-9-11-13-15-17-19-21-25-71-59-83-79-27-23-29-81-87-63-75(73-31-35-77(36-32-73)111-57-55-107-49-47-105-51-53-109-67-69-39-43-103-44-40-69)65-89-90-66-76(74-33-37-78(38-34-74)112-58-56-108-50-48-106-52-54-110-68-70-41-45-104-46-42-70)64-88-82-30-24-28-80-84-60-72(26-22-20-18-16-14-12-10-8-6-4-2)62-86-85(61-71)93(83)99-97(91(79)81)101(95(87)89)102(96(88)90)98(92(80)82)100(99)94(84)86/h23-24,27-46,59-66H,3-22,25-26,47-58,67-68H2,1-2H3. The first-order valence-corrected chi connectivity index (χ1v) is 42.5. The van der Waals surface area contributed by atoms with Crippen LogP contribution >= 0.6 is 0 Å². The Kier molecular flexibility index (Phi) is 24.3. The Bertz CT molecular complexity index is 5470. The van der Waals surface area contributed by atoms with Crippen molar-refractivity contribution in [2.75, 3.05) is 79.3 Å². The van der Waals surface area contributed by atoms with Gasteiger partial charge in [0.25, 0.3) is 0 Å². The highest BCUT2D eigenvalue weighted by atomic mass is 16.6. The van der Waals surface area contributed by atoms with E-state index in [1.165, 1.54) is 280 Å². The van der Waals surface area contributed by atoms with Crippen molar-refractivity contribution in [3.63, 3.8) is 0 Å². The van der Waals surface area contributed by atoms with Crippen LogP contribution in [0.4, 0.5) is 0 Å². The molecule has 0 saturated heterocycles. The average molecular weight is 1490 g/mol. The molecule has 2 aromatic heterocycles. The van der Waals surface area contributed by atoms with Crippen molar-refractivity contribution < 1.29 is 37.9 Å². The summed E-state index contributed by atoms with van der Waals surface area (Å²) in [5.41, 5.74) is 9.78. The zero-order valence-corrected chi connectivity index (χ0v) is 65.9. The second-order valence-electron chi connectivity index (χ2n) is 31.6. The fourth-order valence-corrected chi connectivity index (χ4v) is 18.7. The van der Waals surface area contributed by atoms with Crippen LogP contribution in [-0.4, -0.2) is 89.3 Å². The minimum atomic E-state index is 0.433. The van der Waals surface area contributed by atoms with E-state index in [0.29, 0.717) is 92.5 Å². The first kappa shape index (κ1) is 75.3. The molecule has 15 aromatic carbocycles. The number of pyridine rings is 2. The summed E-state index contributed by atoms with van der Waals surface area (Å²) in [7, 11) is 0. The molecule has 0 atom stereocenters. The highest BCUT2D eigenvalue weighted by Gasteiger charge is 2.33. The number of hydrogen-bond donors (Lipinski definition) is 0. The highest BCUT2D eigenvalue weighted by molar-refractivity contribution is 6.61. The second kappa shape index (κ2) is 36.2. The molecular formula is C102H108N2O8. The summed E-state index contributed by atoms with van der Waals surface area (Å²) in [6.07, 6.45) is 35.9. The predicted molar refractivity (Wildman–Crippen MR) is 468 cm³/mol. The first-order chi connectivity index (χ1) is 55.6. The van der Waals surface area contributed by atoms with Crippen LogP contribution in [0.15, 0.2) is 183 Å². The van der Waals surface area contributed by atoms with Crippen LogP contribution in [0.3, 0.4) is 0 Å². The maximum absolute atomic E-state index is 6.36. The summed E-state index contributed by atoms with van der Waals surface area (Å²) in [5, 5.41) is 33.2. The Labute approximate surface area is 659 Å². The molecular weight excluding hydrogens is 1380 g/mol. The van der Waals surface area contributed by atoms with E-state index in [9.17, 15) is 0 Å². The number of unbranched alkanes of at least 4 members (excludes halogenated alkanes) is 18. The number of rotatable bonds is 48. The van der Waals surface area contributed by atoms with Gasteiger partial charge in [-0.05, 0) is 272 Å². The smallest absolute Gasteiger partial charge is 0.119 e. The van der Waals surface area contributed by atoms with E-state index < -0.39 is 0 Å². The Morgan fingerprint density at radius 3 is 0.795 bits per heavy atom. The topological polar surface area (TPSA) is 99.6 Å². The van der Waals surface area contributed by atoms with Crippen molar-refractivity contribution in [3.8, 4) is 33.8 Å². The molecule has 0 saturated carbocycles. The first-order valence-electron chi connectivity index (χ1n) is 42.5. The molecule has 0 fully saturated rings. The van der Waals surface area contributed by atoms with E-state index in [1.807, 2.05) is 24.3 Å². The van der Waals surface area contributed by atoms with E-state index in [1.54, 1.807) is 24.8 Å². The number of fused-ring (bicyclic) bond motifs is 6. The van der Waals surface area contributed by atoms with Gasteiger partial charge in [-0.3, -0.25) is 9.97 Å². The lowest BCUT2D eigenvalue weighted by Crippen LogP contribution is -2.12. The van der Waals surface area contributed by atoms with Gasteiger partial charge in [0.05, 0.1) is 79.3 Å². The number of aryl methyl sites for hydroxylation is 2. The van der Waals surface area contributed by atoms with Crippen LogP contribution in [-0.2, 0) is 54.5 Å². The third-order valence-electron chi connectivity index (χ3n) is 24.1. The molecule has 0 spiro atoms. The third kappa shape index (κ3) is 15.9. The van der Waals surface area contributed by atoms with Gasteiger partial charge in [-0.15, -0.1) is 0 Å². The molecule has 10 nitrogen and oxygen atoms in total. The molecule has 0 amide bonds. The molecule has 17 aromatic rings. The lowest BCUT2D eigenvalue weighted by molar-refractivity contribution is 0.00596. The summed E-state index contributed by atoms with van der Waals surface area (Å²) in [4.78, 5) is 8.17. The number of ether oxygens (including phenoxy) is 8. The molecule has 0 unspecified atom stereocenters. The predicted octanol–water partition coefficient (Wildman–Crippen LogP) is 26.5. The minimum absolute atomic E-state index is 0.433. The van der Waals surface area contributed by atoms with Crippen LogP contribution < -0.4 is 9.47 Å². The van der Waals surface area contributed by atoms with Crippen molar-refractivity contribution in [1.82, 2.24) is 9.97 Å². The zero-order valence-electron chi connectivity index (χ0n) is 65.9. The number of hydrogen-bond acceptors (Lipinski definition) is 10. The molecule has 0 bridgehead atoms.